The smallest absolute Gasteiger partial charge is 0.305 e. The van der Waals surface area contributed by atoms with Crippen molar-refractivity contribution in [3.8, 4) is 0 Å². The van der Waals surface area contributed by atoms with Gasteiger partial charge in [0.05, 0.1) is 17.3 Å². The van der Waals surface area contributed by atoms with Crippen LogP contribution in [-0.4, -0.2) is 22.9 Å². The average molecular weight is 320 g/mol. The van der Waals surface area contributed by atoms with E-state index in [4.69, 9.17) is 16.3 Å². The highest BCUT2D eigenvalue weighted by Gasteiger charge is 2.16. The Morgan fingerprint density at radius 2 is 1.95 bits per heavy atom. The van der Waals surface area contributed by atoms with E-state index in [1.165, 1.54) is 0 Å². The molecule has 2 rings (SSSR count). The Bertz CT molecular complexity index is 663. The van der Waals surface area contributed by atoms with Crippen molar-refractivity contribution in [1.29, 1.82) is 0 Å². The Labute approximate surface area is 134 Å². The Morgan fingerprint density at radius 1 is 1.18 bits per heavy atom. The van der Waals surface area contributed by atoms with Crippen molar-refractivity contribution in [1.82, 2.24) is 4.57 Å². The van der Waals surface area contributed by atoms with E-state index in [9.17, 15) is 9.59 Å². The lowest BCUT2D eigenvalue weighted by atomic mass is 10.1. The number of rotatable bonds is 7. The van der Waals surface area contributed by atoms with Crippen LogP contribution in [0.5, 0.6) is 0 Å². The number of benzene rings is 1. The first kappa shape index (κ1) is 16.3. The molecule has 0 unspecified atom stereocenters. The second-order valence-corrected chi connectivity index (χ2v) is 5.21. The molecule has 0 fully saturated rings. The molecule has 0 amide bonds. The van der Waals surface area contributed by atoms with Crippen LogP contribution < -0.4 is 0 Å². The Balaban J connectivity index is 2.05. The van der Waals surface area contributed by atoms with E-state index in [0.29, 0.717) is 42.3 Å². The number of carbonyl (C=O) groups is 2. The van der Waals surface area contributed by atoms with Gasteiger partial charge in [0.15, 0.2) is 0 Å². The lowest BCUT2D eigenvalue weighted by Gasteiger charge is -2.09. The van der Waals surface area contributed by atoms with Gasteiger partial charge in [0.1, 0.15) is 0 Å². The van der Waals surface area contributed by atoms with Crippen molar-refractivity contribution in [2.24, 2.45) is 0 Å². The van der Waals surface area contributed by atoms with Crippen molar-refractivity contribution in [2.75, 3.05) is 6.61 Å². The molecule has 0 aliphatic heterocycles. The molecule has 22 heavy (non-hydrogen) atoms. The van der Waals surface area contributed by atoms with E-state index >= 15 is 0 Å². The summed E-state index contributed by atoms with van der Waals surface area (Å²) in [4.78, 5) is 23.9. The molecule has 2 aromatic rings. The fraction of sp³-hybridized carbons (Fsp3) is 0.294. The number of aromatic nitrogens is 1. The Hall–Kier alpha value is -2.07. The van der Waals surface area contributed by atoms with Crippen LogP contribution in [0.25, 0.3) is 0 Å². The minimum atomic E-state index is -0.214. The summed E-state index contributed by atoms with van der Waals surface area (Å²) in [5.74, 6) is -0.333. The molecule has 1 aromatic carbocycles. The van der Waals surface area contributed by atoms with Crippen molar-refractivity contribution in [3.63, 3.8) is 0 Å². The summed E-state index contributed by atoms with van der Waals surface area (Å²) < 4.78 is 6.73. The Kier molecular flexibility index (Phi) is 5.78. The van der Waals surface area contributed by atoms with Crippen LogP contribution in [0.1, 0.15) is 35.8 Å². The number of halogens is 1. The first-order chi connectivity index (χ1) is 10.6. The zero-order chi connectivity index (χ0) is 15.9. The van der Waals surface area contributed by atoms with Crippen LogP contribution in [0.2, 0.25) is 5.02 Å². The van der Waals surface area contributed by atoms with Gasteiger partial charge in [-0.2, -0.15) is 0 Å². The number of aryl methyl sites for hydroxylation is 1. The molecule has 1 aromatic heterocycles. The van der Waals surface area contributed by atoms with E-state index in [-0.39, 0.29) is 11.8 Å². The number of esters is 1. The Morgan fingerprint density at radius 3 is 2.68 bits per heavy atom. The van der Waals surface area contributed by atoms with Crippen LogP contribution >= 0.6 is 11.6 Å². The molecule has 0 bridgehead atoms. The third-order valence-electron chi connectivity index (χ3n) is 3.27. The number of carbonyl (C=O) groups excluding carboxylic acids is 2. The minimum absolute atomic E-state index is 0.119. The van der Waals surface area contributed by atoms with Gasteiger partial charge in [-0.1, -0.05) is 23.7 Å². The van der Waals surface area contributed by atoms with E-state index in [1.807, 2.05) is 16.8 Å². The molecule has 4 nitrogen and oxygen atoms in total. The van der Waals surface area contributed by atoms with E-state index in [0.717, 1.165) is 0 Å². The predicted octanol–water partition coefficient (Wildman–Crippen LogP) is 3.72. The number of ketones is 1. The van der Waals surface area contributed by atoms with Crippen LogP contribution in [0.3, 0.4) is 0 Å². The molecule has 0 saturated heterocycles. The summed E-state index contributed by atoms with van der Waals surface area (Å²) in [5, 5.41) is 0.437. The molecule has 0 spiro atoms. The van der Waals surface area contributed by atoms with Gasteiger partial charge in [-0.15, -0.1) is 0 Å². The monoisotopic (exact) mass is 319 g/mol. The molecular formula is C17H18ClNO3. The van der Waals surface area contributed by atoms with Crippen molar-refractivity contribution in [3.05, 3.63) is 58.9 Å². The van der Waals surface area contributed by atoms with Gasteiger partial charge in [-0.3, -0.25) is 9.59 Å². The standard InChI is InChI=1S/C17H18ClNO3/c1-2-22-16(20)10-6-12-19-11-5-9-15(19)17(21)13-7-3-4-8-14(13)18/h3-5,7-9,11H,2,6,10,12H2,1H3. The zero-order valence-corrected chi connectivity index (χ0v) is 13.2. The van der Waals surface area contributed by atoms with Gasteiger partial charge in [0, 0.05) is 24.7 Å². The second kappa shape index (κ2) is 7.80. The molecule has 0 N–H and O–H groups in total. The van der Waals surface area contributed by atoms with Crippen LogP contribution in [0, 0.1) is 0 Å². The maximum Gasteiger partial charge on any atom is 0.305 e. The van der Waals surface area contributed by atoms with Gasteiger partial charge in [-0.05, 0) is 37.6 Å². The zero-order valence-electron chi connectivity index (χ0n) is 12.4. The molecule has 0 saturated carbocycles. The molecule has 116 valence electrons. The third-order valence-corrected chi connectivity index (χ3v) is 3.60. The molecule has 0 aliphatic carbocycles. The highest BCUT2D eigenvalue weighted by Crippen LogP contribution is 2.19. The fourth-order valence-corrected chi connectivity index (χ4v) is 2.45. The highest BCUT2D eigenvalue weighted by molar-refractivity contribution is 6.34. The van der Waals surface area contributed by atoms with Crippen LogP contribution in [-0.2, 0) is 16.1 Å². The minimum Gasteiger partial charge on any atom is -0.466 e. The highest BCUT2D eigenvalue weighted by atomic mass is 35.5. The number of hydrogen-bond acceptors (Lipinski definition) is 3. The van der Waals surface area contributed by atoms with E-state index < -0.39 is 0 Å². The molecule has 0 aliphatic rings. The summed E-state index contributed by atoms with van der Waals surface area (Å²) in [7, 11) is 0. The largest absolute Gasteiger partial charge is 0.466 e. The normalized spacial score (nSPS) is 10.5. The van der Waals surface area contributed by atoms with Gasteiger partial charge in [0.25, 0.3) is 0 Å². The number of ether oxygens (including phenoxy) is 1. The summed E-state index contributed by atoms with van der Waals surface area (Å²) in [6.07, 6.45) is 2.79. The summed E-state index contributed by atoms with van der Waals surface area (Å²) in [5.41, 5.74) is 1.05. The SMILES string of the molecule is CCOC(=O)CCCn1cccc1C(=O)c1ccccc1Cl. The van der Waals surface area contributed by atoms with Gasteiger partial charge in [0.2, 0.25) is 5.78 Å². The summed E-state index contributed by atoms with van der Waals surface area (Å²) in [6.45, 7) is 2.75. The maximum absolute atomic E-state index is 12.6. The van der Waals surface area contributed by atoms with Crippen molar-refractivity contribution >= 4 is 23.4 Å². The van der Waals surface area contributed by atoms with Crippen molar-refractivity contribution < 1.29 is 14.3 Å². The first-order valence-corrected chi connectivity index (χ1v) is 7.61. The quantitative estimate of drug-likeness (QED) is 0.577. The summed E-state index contributed by atoms with van der Waals surface area (Å²) in [6, 6.07) is 10.6. The molecular weight excluding hydrogens is 302 g/mol. The van der Waals surface area contributed by atoms with Crippen molar-refractivity contribution in [2.45, 2.75) is 26.3 Å². The van der Waals surface area contributed by atoms with Crippen LogP contribution in [0.15, 0.2) is 42.6 Å². The third kappa shape index (κ3) is 3.98. The molecule has 0 atom stereocenters. The maximum atomic E-state index is 12.6. The lowest BCUT2D eigenvalue weighted by molar-refractivity contribution is -0.143. The van der Waals surface area contributed by atoms with Gasteiger partial charge in [-0.25, -0.2) is 0 Å². The first-order valence-electron chi connectivity index (χ1n) is 7.23. The van der Waals surface area contributed by atoms with E-state index in [1.54, 1.807) is 37.3 Å². The number of nitrogens with zero attached hydrogens (tertiary/aromatic N) is 1. The average Bonchev–Trinajstić information content (AvgIpc) is 2.96. The molecule has 0 radical (unpaired) electrons. The lowest BCUT2D eigenvalue weighted by Crippen LogP contribution is -2.12. The van der Waals surface area contributed by atoms with E-state index in [2.05, 4.69) is 0 Å². The second-order valence-electron chi connectivity index (χ2n) is 4.80. The van der Waals surface area contributed by atoms with Crippen LogP contribution in [0.4, 0.5) is 0 Å². The fourth-order valence-electron chi connectivity index (χ4n) is 2.23. The molecule has 1 heterocycles. The topological polar surface area (TPSA) is 48.3 Å². The number of hydrogen-bond donors (Lipinski definition) is 0. The van der Waals surface area contributed by atoms with Gasteiger partial charge < -0.3 is 9.30 Å². The molecule has 5 heteroatoms. The summed E-state index contributed by atoms with van der Waals surface area (Å²) >= 11 is 6.08. The predicted molar refractivity (Wildman–Crippen MR) is 85.2 cm³/mol. The van der Waals surface area contributed by atoms with Gasteiger partial charge >= 0.3 is 5.97 Å².